The molecular formula is C7H6ClNO2S. The van der Waals surface area contributed by atoms with E-state index in [0.717, 1.165) is 0 Å². The molecule has 0 atom stereocenters. The van der Waals surface area contributed by atoms with Crippen LogP contribution in [0.15, 0.2) is 17.0 Å². The highest BCUT2D eigenvalue weighted by Crippen LogP contribution is 2.25. The molecule has 0 saturated carbocycles. The van der Waals surface area contributed by atoms with Crippen molar-refractivity contribution in [2.45, 2.75) is 4.90 Å². The fourth-order valence-corrected chi connectivity index (χ4v) is 1.13. The monoisotopic (exact) mass is 203 g/mol. The van der Waals surface area contributed by atoms with Gasteiger partial charge in [0.2, 0.25) is 0 Å². The Balaban J connectivity index is 3.33. The third kappa shape index (κ3) is 1.65. The van der Waals surface area contributed by atoms with Crippen LogP contribution in [-0.4, -0.2) is 11.1 Å². The molecule has 0 radical (unpaired) electrons. The average molecular weight is 204 g/mol. The van der Waals surface area contributed by atoms with Gasteiger partial charge in [0, 0.05) is 10.6 Å². The van der Waals surface area contributed by atoms with Crippen molar-refractivity contribution in [3.63, 3.8) is 0 Å². The lowest BCUT2D eigenvalue weighted by Gasteiger charge is -2.02. The van der Waals surface area contributed by atoms with Crippen LogP contribution < -0.4 is 5.73 Å². The van der Waals surface area contributed by atoms with Crippen LogP contribution in [0.25, 0.3) is 0 Å². The van der Waals surface area contributed by atoms with Crippen LogP contribution >= 0.6 is 24.2 Å². The van der Waals surface area contributed by atoms with E-state index in [-0.39, 0.29) is 11.3 Å². The van der Waals surface area contributed by atoms with E-state index >= 15 is 0 Å². The van der Waals surface area contributed by atoms with Crippen molar-refractivity contribution in [1.29, 1.82) is 0 Å². The van der Waals surface area contributed by atoms with E-state index < -0.39 is 5.97 Å². The highest BCUT2D eigenvalue weighted by molar-refractivity contribution is 7.80. The van der Waals surface area contributed by atoms with Crippen molar-refractivity contribution < 1.29 is 9.90 Å². The van der Waals surface area contributed by atoms with Crippen molar-refractivity contribution in [2.75, 3.05) is 5.73 Å². The van der Waals surface area contributed by atoms with Gasteiger partial charge in [0.1, 0.15) is 0 Å². The molecule has 0 aliphatic heterocycles. The zero-order valence-corrected chi connectivity index (χ0v) is 7.56. The van der Waals surface area contributed by atoms with Crippen LogP contribution in [0.5, 0.6) is 0 Å². The lowest BCUT2D eigenvalue weighted by molar-refractivity contribution is 0.0698. The first-order valence-corrected chi connectivity index (χ1v) is 3.86. The summed E-state index contributed by atoms with van der Waals surface area (Å²) in [5.74, 6) is -1.08. The molecule has 3 N–H and O–H groups in total. The number of carboxylic acid groups (broad SMARTS) is 1. The molecule has 0 saturated heterocycles. The van der Waals surface area contributed by atoms with Crippen LogP contribution in [-0.2, 0) is 0 Å². The minimum atomic E-state index is -1.08. The standard InChI is InChI=1S/C7H6ClNO2S/c8-4-2-5(9)3(7(10)11)1-6(4)12/h1-2,12H,9H2,(H,10,11). The summed E-state index contributed by atoms with van der Waals surface area (Å²) in [5.41, 5.74) is 5.55. The summed E-state index contributed by atoms with van der Waals surface area (Å²) in [7, 11) is 0. The number of aromatic carboxylic acids is 1. The molecule has 1 rings (SSSR count). The maximum atomic E-state index is 10.5. The van der Waals surface area contributed by atoms with E-state index in [1.54, 1.807) is 0 Å². The number of nitrogen functional groups attached to an aromatic ring is 1. The summed E-state index contributed by atoms with van der Waals surface area (Å²) >= 11 is 9.60. The lowest BCUT2D eigenvalue weighted by atomic mass is 10.2. The smallest absolute Gasteiger partial charge is 0.337 e. The number of hydrogen-bond acceptors (Lipinski definition) is 3. The normalized spacial score (nSPS) is 9.83. The predicted octanol–water partition coefficient (Wildman–Crippen LogP) is 1.91. The molecule has 0 heterocycles. The Morgan fingerprint density at radius 3 is 2.67 bits per heavy atom. The minimum Gasteiger partial charge on any atom is -0.478 e. The first kappa shape index (κ1) is 9.22. The first-order valence-electron chi connectivity index (χ1n) is 3.03. The summed E-state index contributed by atoms with van der Waals surface area (Å²) in [4.78, 5) is 10.9. The molecule has 0 unspecified atom stereocenters. The van der Waals surface area contributed by atoms with Crippen LogP contribution in [0.2, 0.25) is 5.02 Å². The molecule has 0 aromatic heterocycles. The highest BCUT2D eigenvalue weighted by Gasteiger charge is 2.09. The van der Waals surface area contributed by atoms with Gasteiger partial charge in [-0.15, -0.1) is 12.6 Å². The molecule has 0 aliphatic carbocycles. The third-order valence-electron chi connectivity index (χ3n) is 1.35. The van der Waals surface area contributed by atoms with E-state index in [9.17, 15) is 4.79 Å². The van der Waals surface area contributed by atoms with Crippen molar-refractivity contribution in [3.8, 4) is 0 Å². The Hall–Kier alpha value is -0.870. The second-order valence-corrected chi connectivity index (χ2v) is 3.09. The van der Waals surface area contributed by atoms with E-state index in [1.807, 2.05) is 0 Å². The zero-order chi connectivity index (χ0) is 9.30. The Morgan fingerprint density at radius 2 is 2.17 bits per heavy atom. The topological polar surface area (TPSA) is 63.3 Å². The summed E-state index contributed by atoms with van der Waals surface area (Å²) < 4.78 is 0. The molecule has 0 spiro atoms. The van der Waals surface area contributed by atoms with Gasteiger partial charge >= 0.3 is 5.97 Å². The number of rotatable bonds is 1. The second-order valence-electron chi connectivity index (χ2n) is 2.20. The summed E-state index contributed by atoms with van der Waals surface area (Å²) in [6.45, 7) is 0. The molecule has 0 bridgehead atoms. The lowest BCUT2D eigenvalue weighted by Crippen LogP contribution is -2.02. The minimum absolute atomic E-state index is 0.0180. The molecule has 5 heteroatoms. The van der Waals surface area contributed by atoms with Gasteiger partial charge in [0.25, 0.3) is 0 Å². The highest BCUT2D eigenvalue weighted by atomic mass is 35.5. The van der Waals surface area contributed by atoms with Crippen LogP contribution in [0.1, 0.15) is 10.4 Å². The average Bonchev–Trinajstić information content (AvgIpc) is 1.96. The van der Waals surface area contributed by atoms with Crippen LogP contribution in [0.4, 0.5) is 5.69 Å². The number of halogens is 1. The third-order valence-corrected chi connectivity index (χ3v) is 2.16. The Morgan fingerprint density at radius 1 is 1.58 bits per heavy atom. The van der Waals surface area contributed by atoms with Gasteiger partial charge in [0.05, 0.1) is 10.6 Å². The van der Waals surface area contributed by atoms with Crippen molar-refractivity contribution >= 4 is 35.9 Å². The molecule has 3 nitrogen and oxygen atoms in total. The van der Waals surface area contributed by atoms with Gasteiger partial charge in [-0.1, -0.05) is 11.6 Å². The van der Waals surface area contributed by atoms with E-state index in [1.165, 1.54) is 12.1 Å². The largest absolute Gasteiger partial charge is 0.478 e. The van der Waals surface area contributed by atoms with Crippen molar-refractivity contribution in [2.24, 2.45) is 0 Å². The Labute approximate surface area is 79.6 Å². The van der Waals surface area contributed by atoms with Crippen LogP contribution in [0, 0.1) is 0 Å². The molecular weight excluding hydrogens is 198 g/mol. The van der Waals surface area contributed by atoms with Gasteiger partial charge in [-0.05, 0) is 12.1 Å². The molecule has 64 valence electrons. The number of thiol groups is 1. The van der Waals surface area contributed by atoms with Crippen molar-refractivity contribution in [1.82, 2.24) is 0 Å². The fourth-order valence-electron chi connectivity index (χ4n) is 0.762. The molecule has 0 fully saturated rings. The van der Waals surface area contributed by atoms with E-state index in [4.69, 9.17) is 22.4 Å². The maximum Gasteiger partial charge on any atom is 0.337 e. The van der Waals surface area contributed by atoms with Crippen LogP contribution in [0.3, 0.4) is 0 Å². The number of carbonyl (C=O) groups is 1. The fraction of sp³-hybridized carbons (Fsp3) is 0. The zero-order valence-electron chi connectivity index (χ0n) is 5.91. The van der Waals surface area contributed by atoms with E-state index in [0.29, 0.717) is 9.92 Å². The number of hydrogen-bond donors (Lipinski definition) is 3. The Bertz CT molecular complexity index is 340. The molecule has 1 aromatic rings. The van der Waals surface area contributed by atoms with E-state index in [2.05, 4.69) is 12.6 Å². The first-order chi connectivity index (χ1) is 5.52. The van der Waals surface area contributed by atoms with Gasteiger partial charge in [-0.2, -0.15) is 0 Å². The Kier molecular flexibility index (Phi) is 2.49. The van der Waals surface area contributed by atoms with Crippen molar-refractivity contribution in [3.05, 3.63) is 22.7 Å². The summed E-state index contributed by atoms with van der Waals surface area (Å²) in [6, 6.07) is 2.69. The van der Waals surface area contributed by atoms with Gasteiger partial charge < -0.3 is 10.8 Å². The quantitative estimate of drug-likeness (QED) is 0.483. The summed E-state index contributed by atoms with van der Waals surface area (Å²) in [6.07, 6.45) is 0. The predicted molar refractivity (Wildman–Crippen MR) is 50.1 cm³/mol. The maximum absolute atomic E-state index is 10.5. The molecule has 0 aliphatic rings. The molecule has 1 aromatic carbocycles. The number of anilines is 1. The molecule has 12 heavy (non-hydrogen) atoms. The SMILES string of the molecule is Nc1cc(Cl)c(S)cc1C(=O)O. The summed E-state index contributed by atoms with van der Waals surface area (Å²) in [5, 5.41) is 8.97. The molecule has 0 amide bonds. The number of nitrogens with two attached hydrogens (primary N) is 1. The van der Waals surface area contributed by atoms with Gasteiger partial charge in [-0.25, -0.2) is 4.79 Å². The number of benzene rings is 1. The number of carboxylic acids is 1. The second kappa shape index (κ2) is 3.25. The van der Waals surface area contributed by atoms with Gasteiger partial charge in [-0.3, -0.25) is 0 Å². The van der Waals surface area contributed by atoms with Gasteiger partial charge in [0.15, 0.2) is 0 Å².